The molecule has 2 atom stereocenters. The molecule has 1 amide bonds. The lowest BCUT2D eigenvalue weighted by Gasteiger charge is -2.10. The highest BCUT2D eigenvalue weighted by atomic mass is 35.5. The molecule has 0 heterocycles. The molecule has 0 radical (unpaired) electrons. The van der Waals surface area contributed by atoms with Crippen LogP contribution in [0.3, 0.4) is 0 Å². The molecule has 0 spiro atoms. The Bertz CT molecular complexity index is 451. The van der Waals surface area contributed by atoms with Gasteiger partial charge in [0.2, 0.25) is 5.91 Å². The van der Waals surface area contributed by atoms with E-state index in [-0.39, 0.29) is 5.25 Å². The first-order chi connectivity index (χ1) is 7.95. The van der Waals surface area contributed by atoms with Crippen LogP contribution in [0.15, 0.2) is 18.2 Å². The second-order valence-electron chi connectivity index (χ2n) is 3.74. The molecular weight excluding hydrogens is 260 g/mol. The van der Waals surface area contributed by atoms with Gasteiger partial charge < -0.3 is 11.5 Å². The van der Waals surface area contributed by atoms with Crippen LogP contribution >= 0.6 is 11.6 Å². The molecule has 1 rings (SSSR count). The number of nitrogens with two attached hydrogens (primary N) is 2. The number of hydrogen-bond donors (Lipinski definition) is 2. The third-order valence-corrected chi connectivity index (χ3v) is 4.45. The van der Waals surface area contributed by atoms with Crippen molar-refractivity contribution in [2.24, 2.45) is 11.5 Å². The van der Waals surface area contributed by atoms with Crippen LogP contribution in [0.4, 0.5) is 0 Å². The Morgan fingerprint density at radius 1 is 1.53 bits per heavy atom. The highest BCUT2D eigenvalue weighted by Crippen LogP contribution is 2.20. The molecule has 4 N–H and O–H groups in total. The van der Waals surface area contributed by atoms with Crippen molar-refractivity contribution in [3.05, 3.63) is 34.3 Å². The number of hydrogen-bond acceptors (Lipinski definition) is 3. The average molecular weight is 275 g/mol. The molecule has 0 fully saturated rings. The second-order valence-corrected chi connectivity index (χ2v) is 6.00. The Balaban J connectivity index is 2.86. The van der Waals surface area contributed by atoms with Gasteiger partial charge in [-0.1, -0.05) is 17.7 Å². The van der Waals surface area contributed by atoms with E-state index in [9.17, 15) is 9.00 Å². The standard InChI is InChI=1S/C11H15ClN2O2S/c1-7(5-13)17(16)6-9-3-2-8(11(14)15)4-10(9)12/h2-4,7H,5-6,13H2,1H3,(H2,14,15). The van der Waals surface area contributed by atoms with Gasteiger partial charge in [0.25, 0.3) is 0 Å². The first kappa shape index (κ1) is 14.2. The maximum absolute atomic E-state index is 11.8. The second kappa shape index (κ2) is 6.14. The van der Waals surface area contributed by atoms with Gasteiger partial charge in [-0.05, 0) is 24.6 Å². The van der Waals surface area contributed by atoms with Crippen LogP contribution in [0, 0.1) is 0 Å². The molecule has 0 aliphatic heterocycles. The SMILES string of the molecule is CC(CN)S(=O)Cc1ccc(C(N)=O)cc1Cl. The topological polar surface area (TPSA) is 86.2 Å². The van der Waals surface area contributed by atoms with Crippen molar-refractivity contribution < 1.29 is 9.00 Å². The Kier molecular flexibility index (Phi) is 5.11. The molecule has 0 aliphatic rings. The molecule has 2 unspecified atom stereocenters. The quantitative estimate of drug-likeness (QED) is 0.841. The maximum atomic E-state index is 11.8. The lowest BCUT2D eigenvalue weighted by atomic mass is 10.1. The summed E-state index contributed by atoms with van der Waals surface area (Å²) in [6, 6.07) is 4.74. The van der Waals surface area contributed by atoms with Crippen LogP contribution in [0.1, 0.15) is 22.8 Å². The third-order valence-electron chi connectivity index (χ3n) is 2.42. The molecule has 1 aromatic carbocycles. The molecule has 6 heteroatoms. The zero-order chi connectivity index (χ0) is 13.0. The van der Waals surface area contributed by atoms with Crippen molar-refractivity contribution >= 4 is 28.3 Å². The number of benzene rings is 1. The summed E-state index contributed by atoms with van der Waals surface area (Å²) in [5.41, 5.74) is 11.6. The van der Waals surface area contributed by atoms with E-state index in [4.69, 9.17) is 23.1 Å². The summed E-state index contributed by atoms with van der Waals surface area (Å²) in [7, 11) is -1.07. The minimum Gasteiger partial charge on any atom is -0.366 e. The number of primary amides is 1. The van der Waals surface area contributed by atoms with Gasteiger partial charge in [0.15, 0.2) is 0 Å². The largest absolute Gasteiger partial charge is 0.366 e. The van der Waals surface area contributed by atoms with Crippen molar-refractivity contribution in [3.63, 3.8) is 0 Å². The van der Waals surface area contributed by atoms with E-state index in [1.807, 2.05) is 6.92 Å². The molecule has 0 bridgehead atoms. The van der Waals surface area contributed by atoms with Crippen molar-refractivity contribution in [2.75, 3.05) is 6.54 Å². The van der Waals surface area contributed by atoms with Crippen molar-refractivity contribution in [1.82, 2.24) is 0 Å². The van der Waals surface area contributed by atoms with Gasteiger partial charge in [0.1, 0.15) is 0 Å². The first-order valence-electron chi connectivity index (χ1n) is 5.11. The number of carbonyl (C=O) groups excluding carboxylic acids is 1. The first-order valence-corrected chi connectivity index (χ1v) is 6.87. The summed E-state index contributed by atoms with van der Waals surface area (Å²) in [6.07, 6.45) is 0. The van der Waals surface area contributed by atoms with Crippen LogP contribution < -0.4 is 11.5 Å². The summed E-state index contributed by atoms with van der Waals surface area (Å²) in [4.78, 5) is 10.9. The van der Waals surface area contributed by atoms with Gasteiger partial charge in [-0.2, -0.15) is 0 Å². The van der Waals surface area contributed by atoms with Gasteiger partial charge in [0, 0.05) is 33.2 Å². The predicted octanol–water partition coefficient (Wildman–Crippen LogP) is 1.03. The van der Waals surface area contributed by atoms with Crippen molar-refractivity contribution in [1.29, 1.82) is 0 Å². The summed E-state index contributed by atoms with van der Waals surface area (Å²) >= 11 is 5.99. The fourth-order valence-corrected chi connectivity index (χ4v) is 2.60. The van der Waals surface area contributed by atoms with E-state index in [1.165, 1.54) is 6.07 Å². The van der Waals surface area contributed by atoms with E-state index in [0.717, 1.165) is 5.56 Å². The zero-order valence-corrected chi connectivity index (χ0v) is 11.1. The fraction of sp³-hybridized carbons (Fsp3) is 0.364. The summed E-state index contributed by atoms with van der Waals surface area (Å²) in [5.74, 6) is -0.203. The minimum absolute atomic E-state index is 0.0816. The van der Waals surface area contributed by atoms with Gasteiger partial charge in [-0.15, -0.1) is 0 Å². The Morgan fingerprint density at radius 2 is 2.18 bits per heavy atom. The van der Waals surface area contributed by atoms with Gasteiger partial charge in [-0.25, -0.2) is 0 Å². The molecule has 0 saturated heterocycles. The van der Waals surface area contributed by atoms with Gasteiger partial charge in [-0.3, -0.25) is 9.00 Å². The highest BCUT2D eigenvalue weighted by Gasteiger charge is 2.12. The smallest absolute Gasteiger partial charge is 0.248 e. The number of rotatable bonds is 5. The third kappa shape index (κ3) is 3.80. The molecule has 4 nitrogen and oxygen atoms in total. The lowest BCUT2D eigenvalue weighted by molar-refractivity contribution is 0.100. The monoisotopic (exact) mass is 274 g/mol. The predicted molar refractivity (Wildman–Crippen MR) is 70.3 cm³/mol. The van der Waals surface area contributed by atoms with Gasteiger partial charge >= 0.3 is 0 Å². The summed E-state index contributed by atoms with van der Waals surface area (Å²) in [6.45, 7) is 2.19. The molecule has 0 aliphatic carbocycles. The molecule has 1 aromatic rings. The molecule has 0 aromatic heterocycles. The number of amides is 1. The van der Waals surface area contributed by atoms with E-state index in [1.54, 1.807) is 12.1 Å². The van der Waals surface area contributed by atoms with E-state index in [0.29, 0.717) is 22.9 Å². The van der Waals surface area contributed by atoms with Crippen LogP contribution in [0.5, 0.6) is 0 Å². The molecular formula is C11H15ClN2O2S. The fourth-order valence-electron chi connectivity index (χ4n) is 1.22. The molecule has 0 saturated carbocycles. The lowest BCUT2D eigenvalue weighted by Crippen LogP contribution is -2.22. The normalized spacial score (nSPS) is 14.3. The highest BCUT2D eigenvalue weighted by molar-refractivity contribution is 7.84. The van der Waals surface area contributed by atoms with Crippen molar-refractivity contribution in [3.8, 4) is 0 Å². The van der Waals surface area contributed by atoms with E-state index < -0.39 is 16.7 Å². The summed E-state index contributed by atoms with van der Waals surface area (Å²) in [5, 5.41) is 0.320. The van der Waals surface area contributed by atoms with Crippen LogP contribution in [-0.2, 0) is 16.6 Å². The zero-order valence-electron chi connectivity index (χ0n) is 9.48. The minimum atomic E-state index is -1.07. The molecule has 17 heavy (non-hydrogen) atoms. The van der Waals surface area contributed by atoms with Gasteiger partial charge in [0.05, 0.1) is 5.75 Å². The average Bonchev–Trinajstić information content (AvgIpc) is 2.30. The van der Waals surface area contributed by atoms with Crippen LogP contribution in [-0.4, -0.2) is 21.9 Å². The van der Waals surface area contributed by atoms with E-state index in [2.05, 4.69) is 0 Å². The number of carbonyl (C=O) groups is 1. The van der Waals surface area contributed by atoms with Crippen LogP contribution in [0.2, 0.25) is 5.02 Å². The van der Waals surface area contributed by atoms with Crippen LogP contribution in [0.25, 0.3) is 0 Å². The summed E-state index contributed by atoms with van der Waals surface area (Å²) < 4.78 is 11.8. The Morgan fingerprint density at radius 3 is 2.65 bits per heavy atom. The maximum Gasteiger partial charge on any atom is 0.248 e. The van der Waals surface area contributed by atoms with Crippen molar-refractivity contribution in [2.45, 2.75) is 17.9 Å². The Labute approximate surface area is 108 Å². The van der Waals surface area contributed by atoms with E-state index >= 15 is 0 Å². The Hall–Kier alpha value is -0.910. The molecule has 94 valence electrons. The number of halogens is 1.